The number of carbonyl (C=O) groups is 1. The highest BCUT2D eigenvalue weighted by Crippen LogP contribution is 2.36. The minimum absolute atomic E-state index is 0.122. The molecule has 0 saturated heterocycles. The van der Waals surface area contributed by atoms with Crippen LogP contribution in [-0.4, -0.2) is 20.9 Å². The van der Waals surface area contributed by atoms with Crippen molar-refractivity contribution in [1.82, 2.24) is 9.78 Å². The van der Waals surface area contributed by atoms with Gasteiger partial charge in [-0.15, -0.1) is 11.8 Å². The van der Waals surface area contributed by atoms with Crippen molar-refractivity contribution < 1.29 is 4.79 Å². The van der Waals surface area contributed by atoms with E-state index in [1.807, 2.05) is 20.8 Å². The summed E-state index contributed by atoms with van der Waals surface area (Å²) in [6, 6.07) is 7.24. The average Bonchev–Trinajstić information content (AvgIpc) is 2.91. The second-order valence-corrected chi connectivity index (χ2v) is 7.22. The predicted molar refractivity (Wildman–Crippen MR) is 93.0 cm³/mol. The summed E-state index contributed by atoms with van der Waals surface area (Å²) in [4.78, 5) is 13.1. The van der Waals surface area contributed by atoms with Gasteiger partial charge in [0.15, 0.2) is 0 Å². The zero-order valence-electron chi connectivity index (χ0n) is 12.5. The topological polar surface area (TPSA) is 46.9 Å². The zero-order valence-corrected chi connectivity index (χ0v) is 14.8. The highest BCUT2D eigenvalue weighted by Gasteiger charge is 2.19. The van der Waals surface area contributed by atoms with Crippen LogP contribution in [0.2, 0.25) is 10.0 Å². The van der Waals surface area contributed by atoms with Gasteiger partial charge in [0.25, 0.3) is 0 Å². The van der Waals surface area contributed by atoms with Crippen LogP contribution in [0, 0.1) is 0 Å². The lowest BCUT2D eigenvalue weighted by Crippen LogP contribution is -2.24. The Hall–Kier alpha value is -1.17. The number of hydrogen-bond acceptors (Lipinski definition) is 3. The Morgan fingerprint density at radius 3 is 2.45 bits per heavy atom. The minimum atomic E-state index is -0.340. The van der Waals surface area contributed by atoms with Crippen LogP contribution in [-0.2, 0) is 4.79 Å². The molecule has 22 heavy (non-hydrogen) atoms. The van der Waals surface area contributed by atoms with Crippen molar-refractivity contribution in [3.05, 3.63) is 40.5 Å². The first-order valence-electron chi connectivity index (χ1n) is 6.85. The summed E-state index contributed by atoms with van der Waals surface area (Å²) in [5.41, 5.74) is 0. The molecule has 118 valence electrons. The van der Waals surface area contributed by atoms with Crippen molar-refractivity contribution in [3.63, 3.8) is 0 Å². The van der Waals surface area contributed by atoms with Gasteiger partial charge < -0.3 is 5.32 Å². The second kappa shape index (κ2) is 7.40. The van der Waals surface area contributed by atoms with Crippen molar-refractivity contribution in [3.8, 4) is 0 Å². The fourth-order valence-electron chi connectivity index (χ4n) is 1.88. The summed E-state index contributed by atoms with van der Waals surface area (Å²) in [6.45, 7) is 5.82. The van der Waals surface area contributed by atoms with Gasteiger partial charge >= 0.3 is 0 Å². The van der Waals surface area contributed by atoms with E-state index in [2.05, 4.69) is 10.4 Å². The predicted octanol–water partition coefficient (Wildman–Crippen LogP) is 4.89. The summed E-state index contributed by atoms with van der Waals surface area (Å²) >= 11 is 13.6. The molecule has 0 aliphatic rings. The summed E-state index contributed by atoms with van der Waals surface area (Å²) < 4.78 is 1.76. The summed E-state index contributed by atoms with van der Waals surface area (Å²) in [6.07, 6.45) is 1.67. The third kappa shape index (κ3) is 3.97. The summed E-state index contributed by atoms with van der Waals surface area (Å²) in [5, 5.41) is 7.83. The van der Waals surface area contributed by atoms with Crippen LogP contribution in [0.15, 0.2) is 35.4 Å². The van der Waals surface area contributed by atoms with Gasteiger partial charge in [-0.25, -0.2) is 4.68 Å². The van der Waals surface area contributed by atoms with Gasteiger partial charge in [-0.2, -0.15) is 5.10 Å². The molecule has 0 saturated carbocycles. The smallest absolute Gasteiger partial charge is 0.238 e. The van der Waals surface area contributed by atoms with Crippen molar-refractivity contribution in [1.29, 1.82) is 0 Å². The SMILES string of the molecule is CC(C)n1nccc1NC(=O)[C@@H](C)Sc1c(Cl)cccc1Cl. The maximum Gasteiger partial charge on any atom is 0.238 e. The highest BCUT2D eigenvalue weighted by atomic mass is 35.5. The van der Waals surface area contributed by atoms with Gasteiger partial charge in [-0.3, -0.25) is 4.79 Å². The van der Waals surface area contributed by atoms with Gasteiger partial charge in [-0.1, -0.05) is 29.3 Å². The van der Waals surface area contributed by atoms with Gasteiger partial charge in [0.05, 0.1) is 21.5 Å². The molecule has 1 amide bonds. The Morgan fingerprint density at radius 1 is 1.23 bits per heavy atom. The van der Waals surface area contributed by atoms with E-state index in [9.17, 15) is 4.79 Å². The molecule has 0 fully saturated rings. The lowest BCUT2D eigenvalue weighted by molar-refractivity contribution is -0.115. The second-order valence-electron chi connectivity index (χ2n) is 5.05. The first-order chi connectivity index (χ1) is 10.4. The van der Waals surface area contributed by atoms with Crippen LogP contribution in [0.3, 0.4) is 0 Å². The Kier molecular flexibility index (Phi) is 5.78. The monoisotopic (exact) mass is 357 g/mol. The molecule has 0 aliphatic heterocycles. The molecule has 1 atom stereocenters. The molecule has 0 bridgehead atoms. The molecule has 0 radical (unpaired) electrons. The largest absolute Gasteiger partial charge is 0.310 e. The van der Waals surface area contributed by atoms with Gasteiger partial charge in [0, 0.05) is 17.0 Å². The first-order valence-corrected chi connectivity index (χ1v) is 8.48. The van der Waals surface area contributed by atoms with Gasteiger partial charge in [0.1, 0.15) is 5.82 Å². The van der Waals surface area contributed by atoms with Crippen LogP contribution in [0.5, 0.6) is 0 Å². The van der Waals surface area contributed by atoms with Gasteiger partial charge in [-0.05, 0) is 32.9 Å². The molecule has 1 N–H and O–H groups in total. The molecule has 0 unspecified atom stereocenters. The molecule has 0 spiro atoms. The fraction of sp³-hybridized carbons (Fsp3) is 0.333. The molecular weight excluding hydrogens is 341 g/mol. The van der Waals surface area contributed by atoms with Crippen molar-refractivity contribution in [2.75, 3.05) is 5.32 Å². The van der Waals surface area contributed by atoms with Gasteiger partial charge in [0.2, 0.25) is 5.91 Å². The van der Waals surface area contributed by atoms with E-state index in [-0.39, 0.29) is 17.2 Å². The number of rotatable bonds is 5. The van der Waals surface area contributed by atoms with Crippen molar-refractivity contribution in [2.45, 2.75) is 37.0 Å². The maximum atomic E-state index is 12.4. The normalized spacial score (nSPS) is 12.5. The van der Waals surface area contributed by atoms with E-state index in [1.54, 1.807) is 35.1 Å². The molecular formula is C15H17Cl2N3OS. The van der Waals surface area contributed by atoms with Crippen LogP contribution in [0.1, 0.15) is 26.8 Å². The van der Waals surface area contributed by atoms with Crippen LogP contribution in [0.4, 0.5) is 5.82 Å². The number of nitrogens with zero attached hydrogens (tertiary/aromatic N) is 2. The number of benzene rings is 1. The van der Waals surface area contributed by atoms with E-state index in [0.717, 1.165) is 0 Å². The number of aromatic nitrogens is 2. The number of anilines is 1. The summed E-state index contributed by atoms with van der Waals surface area (Å²) in [7, 11) is 0. The Labute approximate surface area is 144 Å². The Bertz CT molecular complexity index is 652. The van der Waals surface area contributed by atoms with E-state index in [4.69, 9.17) is 23.2 Å². The molecule has 1 aromatic carbocycles. The minimum Gasteiger partial charge on any atom is -0.310 e. The zero-order chi connectivity index (χ0) is 16.3. The lowest BCUT2D eigenvalue weighted by Gasteiger charge is -2.16. The molecule has 1 heterocycles. The third-order valence-electron chi connectivity index (χ3n) is 2.99. The number of carbonyl (C=O) groups excluding carboxylic acids is 1. The molecule has 4 nitrogen and oxygen atoms in total. The maximum absolute atomic E-state index is 12.4. The molecule has 1 aromatic heterocycles. The van der Waals surface area contributed by atoms with Crippen molar-refractivity contribution >= 4 is 46.7 Å². The molecule has 7 heteroatoms. The Morgan fingerprint density at radius 2 is 1.86 bits per heavy atom. The van der Waals surface area contributed by atoms with E-state index >= 15 is 0 Å². The first kappa shape index (κ1) is 17.2. The quantitative estimate of drug-likeness (QED) is 0.774. The van der Waals surface area contributed by atoms with Crippen LogP contribution < -0.4 is 5.32 Å². The number of nitrogens with one attached hydrogen (secondary N) is 1. The summed E-state index contributed by atoms with van der Waals surface area (Å²) in [5.74, 6) is 0.557. The lowest BCUT2D eigenvalue weighted by atomic mass is 10.4. The average molecular weight is 358 g/mol. The van der Waals surface area contributed by atoms with E-state index in [1.165, 1.54) is 11.8 Å². The number of thioether (sulfide) groups is 1. The Balaban J connectivity index is 2.08. The molecule has 2 rings (SSSR count). The number of hydrogen-bond donors (Lipinski definition) is 1. The fourth-order valence-corrected chi connectivity index (χ4v) is 3.42. The van der Waals surface area contributed by atoms with Crippen molar-refractivity contribution in [2.24, 2.45) is 0 Å². The molecule has 2 aromatic rings. The number of halogens is 2. The number of amides is 1. The van der Waals surface area contributed by atoms with Crippen LogP contribution >= 0.6 is 35.0 Å². The van der Waals surface area contributed by atoms with Crippen LogP contribution in [0.25, 0.3) is 0 Å². The third-order valence-corrected chi connectivity index (χ3v) is 5.09. The van der Waals surface area contributed by atoms with E-state index < -0.39 is 0 Å². The standard InChI is InChI=1S/C15H17Cl2N3OS/c1-9(2)20-13(7-8-18-20)19-15(21)10(3)22-14-11(16)5-4-6-12(14)17/h4-10H,1-3H3,(H,19,21)/t10-/m1/s1. The van der Waals surface area contributed by atoms with E-state index in [0.29, 0.717) is 20.8 Å². The highest BCUT2D eigenvalue weighted by molar-refractivity contribution is 8.00. The molecule has 0 aliphatic carbocycles.